The molecule has 5 nitrogen and oxygen atoms in total. The summed E-state index contributed by atoms with van der Waals surface area (Å²) >= 11 is 1.46. The van der Waals surface area contributed by atoms with E-state index in [2.05, 4.69) is 45.9 Å². The van der Waals surface area contributed by atoms with Crippen molar-refractivity contribution in [1.29, 1.82) is 0 Å². The van der Waals surface area contributed by atoms with Crippen LogP contribution in [0.15, 0.2) is 88.7 Å². The average Bonchev–Trinajstić information content (AvgIpc) is 2.91. The number of nitrogens with zero attached hydrogens (tertiary/aromatic N) is 1. The molecule has 0 unspecified atom stereocenters. The molecule has 2 amide bonds. The highest BCUT2D eigenvalue weighted by molar-refractivity contribution is 8.04. The molecule has 6 heteroatoms. The van der Waals surface area contributed by atoms with Crippen molar-refractivity contribution in [2.75, 3.05) is 31.5 Å². The second kappa shape index (κ2) is 11.6. The van der Waals surface area contributed by atoms with Gasteiger partial charge in [0.05, 0.1) is 10.6 Å². The molecule has 0 spiro atoms. The number of likely N-dealkylation sites (tertiary alicyclic amines) is 1. The van der Waals surface area contributed by atoms with Crippen molar-refractivity contribution in [2.24, 2.45) is 5.92 Å². The third kappa shape index (κ3) is 6.25. The van der Waals surface area contributed by atoms with Crippen molar-refractivity contribution in [2.45, 2.75) is 24.2 Å². The molecule has 1 saturated heterocycles. The minimum absolute atomic E-state index is 0.0631. The lowest BCUT2D eigenvalue weighted by Crippen LogP contribution is -2.39. The Hall–Kier alpha value is -3.35. The van der Waals surface area contributed by atoms with Gasteiger partial charge in [0, 0.05) is 23.5 Å². The number of rotatable bonds is 7. The second-order valence-corrected chi connectivity index (χ2v) is 10.5. The summed E-state index contributed by atoms with van der Waals surface area (Å²) in [6.07, 6.45) is 5.44. The highest BCUT2D eigenvalue weighted by Crippen LogP contribution is 2.38. The van der Waals surface area contributed by atoms with Gasteiger partial charge in [0.2, 0.25) is 0 Å². The first-order chi connectivity index (χ1) is 17.6. The Morgan fingerprint density at radius 3 is 2.47 bits per heavy atom. The summed E-state index contributed by atoms with van der Waals surface area (Å²) in [7, 11) is 0. The van der Waals surface area contributed by atoms with Crippen molar-refractivity contribution in [3.63, 3.8) is 0 Å². The smallest absolute Gasteiger partial charge is 0.262 e. The summed E-state index contributed by atoms with van der Waals surface area (Å²) in [5.74, 6) is 0.580. The van der Waals surface area contributed by atoms with E-state index in [1.807, 2.05) is 54.6 Å². The van der Waals surface area contributed by atoms with Crippen LogP contribution >= 0.6 is 11.8 Å². The number of carbonyl (C=O) groups is 2. The van der Waals surface area contributed by atoms with Gasteiger partial charge in [-0.05, 0) is 79.7 Å². The number of piperidine rings is 1. The fourth-order valence-corrected chi connectivity index (χ4v) is 5.73. The first-order valence-corrected chi connectivity index (χ1v) is 13.4. The predicted octanol–water partition coefficient (Wildman–Crippen LogP) is 5.46. The molecule has 0 atom stereocenters. The number of nitrogens with one attached hydrogen (secondary N) is 2. The van der Waals surface area contributed by atoms with Gasteiger partial charge in [0.1, 0.15) is 0 Å². The number of hydrogen-bond acceptors (Lipinski definition) is 4. The Morgan fingerprint density at radius 1 is 0.972 bits per heavy atom. The van der Waals surface area contributed by atoms with Gasteiger partial charge >= 0.3 is 0 Å². The normalized spacial score (nSPS) is 17.4. The van der Waals surface area contributed by atoms with E-state index in [-0.39, 0.29) is 11.8 Å². The number of hydrogen-bond donors (Lipinski definition) is 2. The van der Waals surface area contributed by atoms with E-state index in [0.29, 0.717) is 17.0 Å². The summed E-state index contributed by atoms with van der Waals surface area (Å²) in [6.45, 7) is 3.70. The van der Waals surface area contributed by atoms with Crippen LogP contribution in [0, 0.1) is 5.92 Å². The maximum atomic E-state index is 12.6. The number of carbonyl (C=O) groups excluding carboxylic acids is 2. The predicted molar refractivity (Wildman–Crippen MR) is 147 cm³/mol. The van der Waals surface area contributed by atoms with Gasteiger partial charge in [0.15, 0.2) is 0 Å². The lowest BCUT2D eigenvalue weighted by molar-refractivity contribution is -0.112. The Bertz CT molecular complexity index is 1230. The molecule has 2 aliphatic heterocycles. The Balaban J connectivity index is 1.07. The van der Waals surface area contributed by atoms with Gasteiger partial charge < -0.3 is 15.5 Å². The standard InChI is InChI=1S/C30H31N3O2S/c34-29(31-16-19-33-17-14-24(15-18-33)20-22-6-2-1-3-7-22)25-12-10-23(11-13-25)21-28-30(35)32-26-8-4-5-9-27(26)36-28/h1-13,21,24H,14-20H2,(H,31,34)(H,32,35). The lowest BCUT2D eigenvalue weighted by atomic mass is 9.90. The summed E-state index contributed by atoms with van der Waals surface area (Å²) < 4.78 is 0. The third-order valence-corrected chi connectivity index (χ3v) is 7.94. The Labute approximate surface area is 217 Å². The number of fused-ring (bicyclic) bond motifs is 1. The van der Waals surface area contributed by atoms with Crippen molar-refractivity contribution < 1.29 is 9.59 Å². The summed E-state index contributed by atoms with van der Waals surface area (Å²) in [5, 5.41) is 5.98. The number of para-hydroxylation sites is 1. The highest BCUT2D eigenvalue weighted by Gasteiger charge is 2.21. The lowest BCUT2D eigenvalue weighted by Gasteiger charge is -2.32. The Morgan fingerprint density at radius 2 is 1.69 bits per heavy atom. The third-order valence-electron chi connectivity index (χ3n) is 6.84. The van der Waals surface area contributed by atoms with E-state index in [9.17, 15) is 9.59 Å². The molecule has 2 N–H and O–H groups in total. The molecular weight excluding hydrogens is 466 g/mol. The van der Waals surface area contributed by atoms with E-state index in [4.69, 9.17) is 0 Å². The first-order valence-electron chi connectivity index (χ1n) is 12.6. The van der Waals surface area contributed by atoms with Gasteiger partial charge in [0.25, 0.3) is 11.8 Å². The van der Waals surface area contributed by atoms with Crippen LogP contribution in [-0.2, 0) is 11.2 Å². The fourth-order valence-electron chi connectivity index (χ4n) is 4.78. The highest BCUT2D eigenvalue weighted by atomic mass is 32.2. The fraction of sp³-hybridized carbons (Fsp3) is 0.267. The molecule has 5 rings (SSSR count). The molecular formula is C30H31N3O2S. The van der Waals surface area contributed by atoms with Crippen LogP contribution in [0.1, 0.15) is 34.3 Å². The average molecular weight is 498 g/mol. The largest absolute Gasteiger partial charge is 0.351 e. The number of benzene rings is 3. The van der Waals surface area contributed by atoms with E-state index in [0.717, 1.165) is 48.1 Å². The van der Waals surface area contributed by atoms with Crippen LogP contribution < -0.4 is 10.6 Å². The molecule has 36 heavy (non-hydrogen) atoms. The monoisotopic (exact) mass is 497 g/mol. The van der Waals surface area contributed by atoms with E-state index in [1.165, 1.54) is 30.2 Å². The summed E-state index contributed by atoms with van der Waals surface area (Å²) in [6, 6.07) is 25.9. The molecule has 0 radical (unpaired) electrons. The van der Waals surface area contributed by atoms with Crippen molar-refractivity contribution >= 4 is 35.3 Å². The maximum Gasteiger partial charge on any atom is 0.262 e. The maximum absolute atomic E-state index is 12.6. The molecule has 2 heterocycles. The molecule has 3 aromatic carbocycles. The van der Waals surface area contributed by atoms with Crippen LogP contribution in [0.2, 0.25) is 0 Å². The van der Waals surface area contributed by atoms with Crippen LogP contribution in [-0.4, -0.2) is 42.9 Å². The second-order valence-electron chi connectivity index (χ2n) is 9.41. The van der Waals surface area contributed by atoms with Gasteiger partial charge in [-0.25, -0.2) is 0 Å². The zero-order valence-corrected chi connectivity index (χ0v) is 21.1. The molecule has 0 bridgehead atoms. The van der Waals surface area contributed by atoms with Crippen molar-refractivity contribution in [3.05, 3.63) is 100 Å². The molecule has 2 aliphatic rings. The van der Waals surface area contributed by atoms with Gasteiger partial charge in [-0.2, -0.15) is 0 Å². The van der Waals surface area contributed by atoms with Crippen LogP contribution in [0.3, 0.4) is 0 Å². The minimum atomic E-state index is -0.107. The molecule has 0 aliphatic carbocycles. The molecule has 0 saturated carbocycles. The molecule has 0 aromatic heterocycles. The number of anilines is 1. The molecule has 184 valence electrons. The SMILES string of the molecule is O=C1Nc2ccccc2SC1=Cc1ccc(C(=O)NCCN2CCC(Cc3ccccc3)CC2)cc1. The summed E-state index contributed by atoms with van der Waals surface area (Å²) in [4.78, 5) is 29.1. The van der Waals surface area contributed by atoms with Crippen LogP contribution in [0.4, 0.5) is 5.69 Å². The number of thioether (sulfide) groups is 1. The van der Waals surface area contributed by atoms with Crippen molar-refractivity contribution in [1.82, 2.24) is 10.2 Å². The van der Waals surface area contributed by atoms with E-state index >= 15 is 0 Å². The van der Waals surface area contributed by atoms with Gasteiger partial charge in [-0.15, -0.1) is 0 Å². The number of amides is 2. The van der Waals surface area contributed by atoms with Gasteiger partial charge in [-0.1, -0.05) is 66.4 Å². The summed E-state index contributed by atoms with van der Waals surface area (Å²) in [5.41, 5.74) is 3.79. The zero-order chi connectivity index (χ0) is 24.7. The van der Waals surface area contributed by atoms with Gasteiger partial charge in [-0.3, -0.25) is 9.59 Å². The minimum Gasteiger partial charge on any atom is -0.351 e. The van der Waals surface area contributed by atoms with Crippen LogP contribution in [0.25, 0.3) is 6.08 Å². The quantitative estimate of drug-likeness (QED) is 0.426. The van der Waals surface area contributed by atoms with E-state index < -0.39 is 0 Å². The van der Waals surface area contributed by atoms with Crippen molar-refractivity contribution in [3.8, 4) is 0 Å². The van der Waals surface area contributed by atoms with E-state index in [1.54, 1.807) is 0 Å². The first kappa shape index (κ1) is 24.3. The molecule has 1 fully saturated rings. The zero-order valence-electron chi connectivity index (χ0n) is 20.3. The topological polar surface area (TPSA) is 61.4 Å². The molecule has 3 aromatic rings. The Kier molecular flexibility index (Phi) is 7.84. The van der Waals surface area contributed by atoms with Crippen LogP contribution in [0.5, 0.6) is 0 Å².